The number of rotatable bonds is 2. The fourth-order valence-corrected chi connectivity index (χ4v) is 3.02. The van der Waals surface area contributed by atoms with Gasteiger partial charge >= 0.3 is 0 Å². The van der Waals surface area contributed by atoms with Crippen LogP contribution in [-0.2, 0) is 0 Å². The zero-order valence-electron chi connectivity index (χ0n) is 11.7. The van der Waals surface area contributed by atoms with Gasteiger partial charge in [0, 0.05) is 10.9 Å². The van der Waals surface area contributed by atoms with Crippen LogP contribution in [0, 0.1) is 0 Å². The summed E-state index contributed by atoms with van der Waals surface area (Å²) in [7, 11) is 0. The van der Waals surface area contributed by atoms with E-state index < -0.39 is 0 Å². The van der Waals surface area contributed by atoms with E-state index in [0.717, 1.165) is 16.6 Å². The predicted molar refractivity (Wildman–Crippen MR) is 84.4 cm³/mol. The number of aromatic nitrogens is 2. The second-order valence-electron chi connectivity index (χ2n) is 5.70. The van der Waals surface area contributed by atoms with E-state index in [1.165, 1.54) is 24.8 Å². The van der Waals surface area contributed by atoms with Crippen molar-refractivity contribution >= 4 is 10.8 Å². The molecule has 1 aliphatic carbocycles. The highest BCUT2D eigenvalue weighted by Crippen LogP contribution is 2.37. The first-order valence-electron chi connectivity index (χ1n) is 7.41. The highest BCUT2D eigenvalue weighted by molar-refractivity contribution is 5.93. The molecular formula is C18H16N2O. The Morgan fingerprint density at radius 3 is 2.57 bits per heavy atom. The lowest BCUT2D eigenvalue weighted by molar-refractivity contribution is 0.420. The molecule has 3 aromatic rings. The van der Waals surface area contributed by atoms with Crippen molar-refractivity contribution in [1.82, 2.24) is 10.2 Å². The summed E-state index contributed by atoms with van der Waals surface area (Å²) >= 11 is 0. The average Bonchev–Trinajstić information content (AvgIpc) is 2.46. The molecule has 0 saturated heterocycles. The molecule has 1 N–H and O–H groups in total. The Labute approximate surface area is 122 Å². The number of hydrogen-bond acceptors (Lipinski definition) is 2. The molecule has 1 fully saturated rings. The third kappa shape index (κ3) is 2.05. The van der Waals surface area contributed by atoms with Gasteiger partial charge in [-0.05, 0) is 36.5 Å². The average molecular weight is 276 g/mol. The number of hydrogen-bond donors (Lipinski definition) is 1. The van der Waals surface area contributed by atoms with Crippen LogP contribution in [0.4, 0.5) is 0 Å². The smallest absolute Gasteiger partial charge is 0.267 e. The lowest BCUT2D eigenvalue weighted by Crippen LogP contribution is -2.10. The molecule has 0 atom stereocenters. The van der Waals surface area contributed by atoms with Gasteiger partial charge in [0.25, 0.3) is 5.56 Å². The van der Waals surface area contributed by atoms with Crippen LogP contribution in [0.3, 0.4) is 0 Å². The molecule has 0 unspecified atom stereocenters. The fourth-order valence-electron chi connectivity index (χ4n) is 3.02. The third-order valence-corrected chi connectivity index (χ3v) is 4.43. The minimum Gasteiger partial charge on any atom is -0.267 e. The summed E-state index contributed by atoms with van der Waals surface area (Å²) in [6.45, 7) is 0. The summed E-state index contributed by atoms with van der Waals surface area (Å²) in [6.07, 6.45) is 3.89. The first-order valence-corrected chi connectivity index (χ1v) is 7.41. The summed E-state index contributed by atoms with van der Waals surface area (Å²) in [5.41, 5.74) is 3.18. The number of fused-ring (bicyclic) bond motifs is 1. The molecule has 4 rings (SSSR count). The number of benzene rings is 2. The van der Waals surface area contributed by atoms with E-state index in [-0.39, 0.29) is 5.56 Å². The van der Waals surface area contributed by atoms with E-state index in [9.17, 15) is 4.79 Å². The molecule has 0 amide bonds. The zero-order valence-corrected chi connectivity index (χ0v) is 11.7. The molecule has 1 saturated carbocycles. The Hall–Kier alpha value is -2.42. The van der Waals surface area contributed by atoms with Crippen LogP contribution in [0.5, 0.6) is 0 Å². The van der Waals surface area contributed by atoms with Crippen molar-refractivity contribution in [2.24, 2.45) is 0 Å². The van der Waals surface area contributed by atoms with Gasteiger partial charge in [-0.15, -0.1) is 0 Å². The number of H-pyrrole nitrogens is 1. The maximum atomic E-state index is 11.9. The van der Waals surface area contributed by atoms with Crippen molar-refractivity contribution < 1.29 is 0 Å². The van der Waals surface area contributed by atoms with E-state index in [1.807, 2.05) is 24.3 Å². The van der Waals surface area contributed by atoms with Gasteiger partial charge in [-0.25, -0.2) is 5.10 Å². The second kappa shape index (κ2) is 4.85. The van der Waals surface area contributed by atoms with Gasteiger partial charge in [-0.2, -0.15) is 5.10 Å². The SMILES string of the molecule is O=c1[nH]nc(-c2cccc(C3CCC3)c2)c2ccccc12. The van der Waals surface area contributed by atoms with Gasteiger partial charge in [-0.1, -0.05) is 42.8 Å². The summed E-state index contributed by atoms with van der Waals surface area (Å²) in [6, 6.07) is 16.2. The topological polar surface area (TPSA) is 45.8 Å². The maximum absolute atomic E-state index is 11.9. The normalized spacial score (nSPS) is 15.0. The van der Waals surface area contributed by atoms with Gasteiger partial charge < -0.3 is 0 Å². The number of nitrogens with zero attached hydrogens (tertiary/aromatic N) is 1. The zero-order chi connectivity index (χ0) is 14.2. The standard InChI is InChI=1S/C18H16N2O/c21-18-16-10-2-1-9-15(16)17(19-20-18)14-8-4-7-13(11-14)12-5-3-6-12/h1-2,4,7-12H,3,5-6H2,(H,20,21). The first kappa shape index (κ1) is 12.3. The van der Waals surface area contributed by atoms with Crippen molar-refractivity contribution in [3.05, 3.63) is 64.4 Å². The highest BCUT2D eigenvalue weighted by atomic mass is 16.1. The fraction of sp³-hybridized carbons (Fsp3) is 0.222. The third-order valence-electron chi connectivity index (χ3n) is 4.43. The summed E-state index contributed by atoms with van der Waals surface area (Å²) in [5, 5.41) is 8.50. The minimum absolute atomic E-state index is 0.135. The Kier molecular flexibility index (Phi) is 2.85. The second-order valence-corrected chi connectivity index (χ2v) is 5.70. The Morgan fingerprint density at radius 1 is 1.00 bits per heavy atom. The summed E-state index contributed by atoms with van der Waals surface area (Å²) in [5.74, 6) is 0.693. The van der Waals surface area contributed by atoms with Crippen molar-refractivity contribution in [2.45, 2.75) is 25.2 Å². The van der Waals surface area contributed by atoms with Gasteiger partial charge in [0.1, 0.15) is 0 Å². The Balaban J connectivity index is 1.90. The quantitative estimate of drug-likeness (QED) is 0.772. The molecule has 0 aliphatic heterocycles. The van der Waals surface area contributed by atoms with E-state index in [1.54, 1.807) is 0 Å². The monoisotopic (exact) mass is 276 g/mol. The molecule has 3 nitrogen and oxygen atoms in total. The van der Waals surface area contributed by atoms with Crippen LogP contribution < -0.4 is 5.56 Å². The lowest BCUT2D eigenvalue weighted by Gasteiger charge is -2.26. The van der Waals surface area contributed by atoms with E-state index in [4.69, 9.17) is 0 Å². The van der Waals surface area contributed by atoms with Gasteiger partial charge in [0.2, 0.25) is 0 Å². The molecule has 0 bridgehead atoms. The Morgan fingerprint density at radius 2 is 1.81 bits per heavy atom. The van der Waals surface area contributed by atoms with Crippen LogP contribution in [0.1, 0.15) is 30.7 Å². The van der Waals surface area contributed by atoms with E-state index in [0.29, 0.717) is 11.3 Å². The molecule has 1 aliphatic rings. The molecule has 2 aromatic carbocycles. The molecule has 0 spiro atoms. The van der Waals surface area contributed by atoms with Crippen molar-refractivity contribution in [3.63, 3.8) is 0 Å². The summed E-state index contributed by atoms with van der Waals surface area (Å²) in [4.78, 5) is 11.9. The molecule has 104 valence electrons. The van der Waals surface area contributed by atoms with Gasteiger partial charge in [-0.3, -0.25) is 4.79 Å². The highest BCUT2D eigenvalue weighted by Gasteiger charge is 2.20. The van der Waals surface area contributed by atoms with Crippen LogP contribution in [0.15, 0.2) is 53.3 Å². The lowest BCUT2D eigenvalue weighted by atomic mass is 9.79. The van der Waals surface area contributed by atoms with Crippen molar-refractivity contribution in [2.75, 3.05) is 0 Å². The van der Waals surface area contributed by atoms with Crippen LogP contribution in [-0.4, -0.2) is 10.2 Å². The molecular weight excluding hydrogens is 260 g/mol. The molecule has 1 heterocycles. The molecule has 1 aromatic heterocycles. The number of nitrogens with one attached hydrogen (secondary N) is 1. The van der Waals surface area contributed by atoms with E-state index >= 15 is 0 Å². The largest absolute Gasteiger partial charge is 0.272 e. The van der Waals surface area contributed by atoms with Crippen molar-refractivity contribution in [3.8, 4) is 11.3 Å². The molecule has 0 radical (unpaired) electrons. The molecule has 3 heteroatoms. The van der Waals surface area contributed by atoms with Crippen LogP contribution >= 0.6 is 0 Å². The van der Waals surface area contributed by atoms with Gasteiger partial charge in [0.15, 0.2) is 0 Å². The minimum atomic E-state index is -0.135. The number of aromatic amines is 1. The first-order chi connectivity index (χ1) is 10.3. The summed E-state index contributed by atoms with van der Waals surface area (Å²) < 4.78 is 0. The Bertz CT molecular complexity index is 862. The van der Waals surface area contributed by atoms with Crippen LogP contribution in [0.25, 0.3) is 22.0 Å². The van der Waals surface area contributed by atoms with Gasteiger partial charge in [0.05, 0.1) is 11.1 Å². The van der Waals surface area contributed by atoms with Crippen LogP contribution in [0.2, 0.25) is 0 Å². The van der Waals surface area contributed by atoms with E-state index in [2.05, 4.69) is 34.5 Å². The van der Waals surface area contributed by atoms with Crippen molar-refractivity contribution in [1.29, 1.82) is 0 Å². The predicted octanol–water partition coefficient (Wildman–Crippen LogP) is 3.86. The molecule has 21 heavy (non-hydrogen) atoms. The maximum Gasteiger partial charge on any atom is 0.272 e.